The van der Waals surface area contributed by atoms with Crippen LogP contribution in [0.3, 0.4) is 0 Å². The lowest BCUT2D eigenvalue weighted by atomic mass is 10.1. The highest BCUT2D eigenvalue weighted by atomic mass is 16.6. The molecule has 0 aliphatic heterocycles. The van der Waals surface area contributed by atoms with Gasteiger partial charge in [0.1, 0.15) is 0 Å². The van der Waals surface area contributed by atoms with Crippen molar-refractivity contribution >= 4 is 17.3 Å². The Morgan fingerprint density at radius 1 is 1.67 bits per heavy atom. The van der Waals surface area contributed by atoms with Crippen LogP contribution in [0.25, 0.3) is 0 Å². The first-order chi connectivity index (χ1) is 8.45. The molecule has 0 fully saturated rings. The van der Waals surface area contributed by atoms with E-state index in [1.165, 1.54) is 12.1 Å². The summed E-state index contributed by atoms with van der Waals surface area (Å²) >= 11 is 0. The number of hydrogen-bond acceptors (Lipinski definition) is 4. The first-order valence-electron chi connectivity index (χ1n) is 5.35. The Balaban J connectivity index is 3.07. The van der Waals surface area contributed by atoms with Crippen LogP contribution in [0, 0.1) is 10.1 Å². The maximum absolute atomic E-state index is 11.1. The van der Waals surface area contributed by atoms with Gasteiger partial charge in [0.15, 0.2) is 0 Å². The molecule has 6 heteroatoms. The van der Waals surface area contributed by atoms with Crippen LogP contribution in [-0.2, 0) is 0 Å². The zero-order valence-corrected chi connectivity index (χ0v) is 9.92. The van der Waals surface area contributed by atoms with Gasteiger partial charge in [0.2, 0.25) is 0 Å². The van der Waals surface area contributed by atoms with Crippen LogP contribution >= 0.6 is 0 Å². The zero-order valence-electron chi connectivity index (χ0n) is 9.92. The Labute approximate surface area is 104 Å². The SMILES string of the molecule is C=CCC(C)Nc1ccc([N+](=O)[O-])cc1C(=O)O. The van der Waals surface area contributed by atoms with Crippen LogP contribution < -0.4 is 5.32 Å². The highest BCUT2D eigenvalue weighted by Crippen LogP contribution is 2.23. The number of nitro benzene ring substituents is 1. The van der Waals surface area contributed by atoms with Gasteiger partial charge in [-0.05, 0) is 19.4 Å². The van der Waals surface area contributed by atoms with Gasteiger partial charge >= 0.3 is 5.97 Å². The molecule has 0 amide bonds. The second-order valence-electron chi connectivity index (χ2n) is 3.86. The lowest BCUT2D eigenvalue weighted by Crippen LogP contribution is -2.16. The number of nitro groups is 1. The van der Waals surface area contributed by atoms with E-state index < -0.39 is 10.9 Å². The third-order valence-corrected chi connectivity index (χ3v) is 2.37. The molecule has 0 aliphatic carbocycles. The Kier molecular flexibility index (Phi) is 4.42. The molecule has 0 heterocycles. The van der Waals surface area contributed by atoms with Crippen LogP contribution in [0.1, 0.15) is 23.7 Å². The third kappa shape index (κ3) is 3.31. The number of carboxylic acids is 1. The average molecular weight is 250 g/mol. The molecule has 18 heavy (non-hydrogen) atoms. The Bertz CT molecular complexity index is 485. The van der Waals surface area contributed by atoms with Crippen molar-refractivity contribution in [2.75, 3.05) is 5.32 Å². The highest BCUT2D eigenvalue weighted by Gasteiger charge is 2.16. The van der Waals surface area contributed by atoms with Gasteiger partial charge < -0.3 is 10.4 Å². The number of hydrogen-bond donors (Lipinski definition) is 2. The van der Waals surface area contributed by atoms with E-state index in [2.05, 4.69) is 11.9 Å². The third-order valence-electron chi connectivity index (χ3n) is 2.37. The van der Waals surface area contributed by atoms with E-state index in [4.69, 9.17) is 5.11 Å². The second kappa shape index (κ2) is 5.81. The van der Waals surface area contributed by atoms with Crippen LogP contribution in [0.15, 0.2) is 30.9 Å². The van der Waals surface area contributed by atoms with E-state index in [1.54, 1.807) is 6.08 Å². The fourth-order valence-corrected chi connectivity index (χ4v) is 1.52. The van der Waals surface area contributed by atoms with E-state index in [-0.39, 0.29) is 17.3 Å². The molecule has 0 spiro atoms. The van der Waals surface area contributed by atoms with Crippen molar-refractivity contribution < 1.29 is 14.8 Å². The summed E-state index contributed by atoms with van der Waals surface area (Å²) in [5, 5.41) is 22.6. The number of benzene rings is 1. The van der Waals surface area contributed by atoms with Gasteiger partial charge in [-0.2, -0.15) is 0 Å². The van der Waals surface area contributed by atoms with Gasteiger partial charge in [-0.25, -0.2) is 4.79 Å². The fraction of sp³-hybridized carbons (Fsp3) is 0.250. The summed E-state index contributed by atoms with van der Waals surface area (Å²) in [6.07, 6.45) is 2.37. The topological polar surface area (TPSA) is 92.5 Å². The minimum atomic E-state index is -1.20. The van der Waals surface area contributed by atoms with Crippen molar-refractivity contribution in [3.63, 3.8) is 0 Å². The predicted molar refractivity (Wildman–Crippen MR) is 68.0 cm³/mol. The number of aromatic carboxylic acids is 1. The number of carbonyl (C=O) groups is 1. The molecule has 6 nitrogen and oxygen atoms in total. The van der Waals surface area contributed by atoms with E-state index >= 15 is 0 Å². The normalized spacial score (nSPS) is 11.6. The number of nitrogens with zero attached hydrogens (tertiary/aromatic N) is 1. The van der Waals surface area contributed by atoms with Gasteiger partial charge in [0, 0.05) is 23.9 Å². The summed E-state index contributed by atoms with van der Waals surface area (Å²) in [5.74, 6) is -1.20. The van der Waals surface area contributed by atoms with Crippen LogP contribution in [0.5, 0.6) is 0 Å². The zero-order chi connectivity index (χ0) is 13.7. The minimum absolute atomic E-state index is 0.00190. The second-order valence-corrected chi connectivity index (χ2v) is 3.86. The number of rotatable bonds is 6. The standard InChI is InChI=1S/C12H14N2O4/c1-3-4-8(2)13-11-6-5-9(14(17)18)7-10(11)12(15)16/h3,5-8,13H,1,4H2,2H3,(H,15,16). The van der Waals surface area contributed by atoms with Crippen molar-refractivity contribution in [1.82, 2.24) is 0 Å². The molecule has 96 valence electrons. The minimum Gasteiger partial charge on any atom is -0.478 e. The van der Waals surface area contributed by atoms with Crippen LogP contribution in [-0.4, -0.2) is 22.0 Å². The molecule has 1 aromatic rings. The molecule has 2 N–H and O–H groups in total. The van der Waals surface area contributed by atoms with Gasteiger partial charge in [0.05, 0.1) is 10.5 Å². The Morgan fingerprint density at radius 3 is 2.83 bits per heavy atom. The van der Waals surface area contributed by atoms with Crippen LogP contribution in [0.2, 0.25) is 0 Å². The predicted octanol–water partition coefficient (Wildman–Crippen LogP) is 2.67. The first kappa shape index (κ1) is 13.7. The first-order valence-corrected chi connectivity index (χ1v) is 5.35. The monoisotopic (exact) mass is 250 g/mol. The molecule has 1 atom stereocenters. The van der Waals surface area contributed by atoms with Gasteiger partial charge in [-0.1, -0.05) is 6.08 Å². The number of anilines is 1. The number of carboxylic acid groups (broad SMARTS) is 1. The Hall–Kier alpha value is -2.37. The number of non-ortho nitro benzene ring substituents is 1. The molecule has 0 bridgehead atoms. The summed E-state index contributed by atoms with van der Waals surface area (Å²) in [7, 11) is 0. The quantitative estimate of drug-likeness (QED) is 0.460. The van der Waals surface area contributed by atoms with Crippen molar-refractivity contribution in [2.24, 2.45) is 0 Å². The summed E-state index contributed by atoms with van der Waals surface area (Å²) in [6, 6.07) is 3.73. The molecular weight excluding hydrogens is 236 g/mol. The van der Waals surface area contributed by atoms with Crippen LogP contribution in [0.4, 0.5) is 11.4 Å². The molecule has 1 aromatic carbocycles. The fourth-order valence-electron chi connectivity index (χ4n) is 1.52. The molecule has 0 aromatic heterocycles. The lowest BCUT2D eigenvalue weighted by molar-refractivity contribution is -0.384. The number of nitrogens with one attached hydrogen (secondary N) is 1. The van der Waals surface area contributed by atoms with Gasteiger partial charge in [-0.3, -0.25) is 10.1 Å². The average Bonchev–Trinajstić information content (AvgIpc) is 2.29. The van der Waals surface area contributed by atoms with Crippen molar-refractivity contribution in [2.45, 2.75) is 19.4 Å². The van der Waals surface area contributed by atoms with Crippen molar-refractivity contribution in [3.8, 4) is 0 Å². The van der Waals surface area contributed by atoms with Crippen molar-refractivity contribution in [1.29, 1.82) is 0 Å². The molecule has 0 saturated heterocycles. The summed E-state index contributed by atoms with van der Waals surface area (Å²) in [6.45, 7) is 5.46. The van der Waals surface area contributed by atoms with Crippen molar-refractivity contribution in [3.05, 3.63) is 46.5 Å². The summed E-state index contributed by atoms with van der Waals surface area (Å²) in [5.41, 5.74) is 0.0110. The largest absolute Gasteiger partial charge is 0.478 e. The molecule has 0 aliphatic rings. The van der Waals surface area contributed by atoms with Gasteiger partial charge in [-0.15, -0.1) is 6.58 Å². The summed E-state index contributed by atoms with van der Waals surface area (Å²) in [4.78, 5) is 21.0. The summed E-state index contributed by atoms with van der Waals surface area (Å²) < 4.78 is 0. The smallest absolute Gasteiger partial charge is 0.338 e. The molecule has 1 unspecified atom stereocenters. The van der Waals surface area contributed by atoms with Gasteiger partial charge in [0.25, 0.3) is 5.69 Å². The van der Waals surface area contributed by atoms with E-state index in [0.717, 1.165) is 6.07 Å². The molecule has 0 radical (unpaired) electrons. The van der Waals surface area contributed by atoms with E-state index in [0.29, 0.717) is 12.1 Å². The van der Waals surface area contributed by atoms with E-state index in [9.17, 15) is 14.9 Å². The van der Waals surface area contributed by atoms with E-state index in [1.807, 2.05) is 6.92 Å². The maximum atomic E-state index is 11.1. The maximum Gasteiger partial charge on any atom is 0.338 e. The molecule has 1 rings (SSSR count). The molecule has 0 saturated carbocycles. The molecular formula is C12H14N2O4. The lowest BCUT2D eigenvalue weighted by Gasteiger charge is -2.15. The highest BCUT2D eigenvalue weighted by molar-refractivity contribution is 5.95. The Morgan fingerprint density at radius 2 is 2.33 bits per heavy atom.